The highest BCUT2D eigenvalue weighted by Gasteiger charge is 2.07. The van der Waals surface area contributed by atoms with E-state index in [0.717, 1.165) is 13.0 Å². The van der Waals surface area contributed by atoms with E-state index >= 15 is 0 Å². The molecule has 3 heteroatoms. The summed E-state index contributed by atoms with van der Waals surface area (Å²) in [5, 5.41) is 0. The van der Waals surface area contributed by atoms with Gasteiger partial charge in [0.15, 0.2) is 5.82 Å². The molecule has 0 aliphatic heterocycles. The number of benzene rings is 1. The van der Waals surface area contributed by atoms with Gasteiger partial charge in [-0.05, 0) is 26.1 Å². The van der Waals surface area contributed by atoms with Gasteiger partial charge in [0.25, 0.3) is 0 Å². The van der Waals surface area contributed by atoms with Crippen molar-refractivity contribution in [3.8, 4) is 0 Å². The molecule has 0 atom stereocenters. The van der Waals surface area contributed by atoms with E-state index in [4.69, 9.17) is 5.73 Å². The monoisotopic (exact) mass is 224 g/mol. The molecule has 0 spiro atoms. The van der Waals surface area contributed by atoms with E-state index in [-0.39, 0.29) is 11.5 Å². The Balaban J connectivity index is 2.49. The largest absolute Gasteiger partial charge is 0.396 e. The van der Waals surface area contributed by atoms with Crippen molar-refractivity contribution in [3.05, 3.63) is 29.6 Å². The predicted molar refractivity (Wildman–Crippen MR) is 66.7 cm³/mol. The minimum absolute atomic E-state index is 0.236. The molecule has 2 nitrogen and oxygen atoms in total. The summed E-state index contributed by atoms with van der Waals surface area (Å²) in [6.45, 7) is 3.81. The zero-order chi connectivity index (χ0) is 12.0. The van der Waals surface area contributed by atoms with Crippen molar-refractivity contribution in [3.63, 3.8) is 0 Å². The lowest BCUT2D eigenvalue weighted by Gasteiger charge is -2.17. The highest BCUT2D eigenvalue weighted by molar-refractivity contribution is 5.42. The summed E-state index contributed by atoms with van der Waals surface area (Å²) in [5.41, 5.74) is 6.44. The SMILES string of the molecule is CCCCCN(C)Cc1cccc(N)c1F. The third kappa shape index (κ3) is 3.81. The molecular weight excluding hydrogens is 203 g/mol. The molecule has 0 amide bonds. The number of hydrogen-bond donors (Lipinski definition) is 1. The lowest BCUT2D eigenvalue weighted by Crippen LogP contribution is -2.20. The molecule has 1 rings (SSSR count). The zero-order valence-corrected chi connectivity index (χ0v) is 10.2. The van der Waals surface area contributed by atoms with Crippen LogP contribution in [0.25, 0.3) is 0 Å². The molecule has 90 valence electrons. The van der Waals surface area contributed by atoms with Crippen molar-refractivity contribution in [2.45, 2.75) is 32.7 Å². The Morgan fingerprint density at radius 2 is 2.06 bits per heavy atom. The summed E-state index contributed by atoms with van der Waals surface area (Å²) >= 11 is 0. The maximum atomic E-state index is 13.6. The van der Waals surface area contributed by atoms with E-state index in [0.29, 0.717) is 12.1 Å². The van der Waals surface area contributed by atoms with Crippen LogP contribution in [0.5, 0.6) is 0 Å². The molecule has 0 aromatic heterocycles. The van der Waals surface area contributed by atoms with Crippen molar-refractivity contribution < 1.29 is 4.39 Å². The number of nitrogens with two attached hydrogens (primary N) is 1. The van der Waals surface area contributed by atoms with Crippen LogP contribution in [0.15, 0.2) is 18.2 Å². The Kier molecular flexibility index (Phi) is 5.26. The zero-order valence-electron chi connectivity index (χ0n) is 10.2. The van der Waals surface area contributed by atoms with Gasteiger partial charge in [-0.15, -0.1) is 0 Å². The molecule has 0 aliphatic carbocycles. The van der Waals surface area contributed by atoms with E-state index in [1.807, 2.05) is 7.05 Å². The van der Waals surface area contributed by atoms with Crippen molar-refractivity contribution in [2.24, 2.45) is 0 Å². The van der Waals surface area contributed by atoms with E-state index in [1.54, 1.807) is 18.2 Å². The second-order valence-corrected chi connectivity index (χ2v) is 4.27. The van der Waals surface area contributed by atoms with Crippen LogP contribution in [0.3, 0.4) is 0 Å². The van der Waals surface area contributed by atoms with E-state index in [9.17, 15) is 4.39 Å². The fourth-order valence-electron chi connectivity index (χ4n) is 1.72. The highest BCUT2D eigenvalue weighted by atomic mass is 19.1. The van der Waals surface area contributed by atoms with Gasteiger partial charge in [-0.25, -0.2) is 4.39 Å². The Morgan fingerprint density at radius 1 is 1.31 bits per heavy atom. The minimum Gasteiger partial charge on any atom is -0.396 e. The second kappa shape index (κ2) is 6.48. The second-order valence-electron chi connectivity index (χ2n) is 4.27. The molecule has 0 saturated heterocycles. The number of unbranched alkanes of at least 4 members (excludes halogenated alkanes) is 2. The summed E-state index contributed by atoms with van der Waals surface area (Å²) in [5.74, 6) is -0.273. The minimum atomic E-state index is -0.273. The van der Waals surface area contributed by atoms with E-state index in [1.165, 1.54) is 12.8 Å². The molecule has 0 saturated carbocycles. The number of anilines is 1. The lowest BCUT2D eigenvalue weighted by molar-refractivity contribution is 0.313. The number of hydrogen-bond acceptors (Lipinski definition) is 2. The highest BCUT2D eigenvalue weighted by Crippen LogP contribution is 2.16. The van der Waals surface area contributed by atoms with Gasteiger partial charge in [-0.3, -0.25) is 0 Å². The molecule has 0 unspecified atom stereocenters. The molecule has 0 fully saturated rings. The average Bonchev–Trinajstić information content (AvgIpc) is 2.25. The number of nitrogen functional groups attached to an aromatic ring is 1. The van der Waals surface area contributed by atoms with Crippen LogP contribution >= 0.6 is 0 Å². The first-order valence-electron chi connectivity index (χ1n) is 5.86. The smallest absolute Gasteiger partial charge is 0.150 e. The maximum absolute atomic E-state index is 13.6. The molecule has 16 heavy (non-hydrogen) atoms. The molecule has 1 aromatic carbocycles. The molecule has 1 aromatic rings. The van der Waals surface area contributed by atoms with Crippen LogP contribution in [-0.4, -0.2) is 18.5 Å². The number of nitrogens with zero attached hydrogens (tertiary/aromatic N) is 1. The van der Waals surface area contributed by atoms with Crippen LogP contribution in [0.1, 0.15) is 31.7 Å². The summed E-state index contributed by atoms with van der Waals surface area (Å²) < 4.78 is 13.6. The average molecular weight is 224 g/mol. The van der Waals surface area contributed by atoms with Gasteiger partial charge in [0, 0.05) is 12.1 Å². The summed E-state index contributed by atoms with van der Waals surface area (Å²) in [6.07, 6.45) is 3.60. The standard InChI is InChI=1S/C13H21FN2/c1-3-4-5-9-16(2)10-11-7-6-8-12(15)13(11)14/h6-8H,3-5,9-10,15H2,1-2H3. The summed E-state index contributed by atoms with van der Waals surface area (Å²) in [4.78, 5) is 2.13. The van der Waals surface area contributed by atoms with Gasteiger partial charge in [0.1, 0.15) is 0 Å². The first-order valence-corrected chi connectivity index (χ1v) is 5.86. The van der Waals surface area contributed by atoms with Gasteiger partial charge in [0.2, 0.25) is 0 Å². The van der Waals surface area contributed by atoms with Crippen LogP contribution in [-0.2, 0) is 6.54 Å². The van der Waals surface area contributed by atoms with Crippen molar-refractivity contribution in [1.82, 2.24) is 4.90 Å². The molecule has 0 radical (unpaired) electrons. The third-order valence-corrected chi connectivity index (χ3v) is 2.69. The fourth-order valence-corrected chi connectivity index (χ4v) is 1.72. The van der Waals surface area contributed by atoms with Crippen molar-refractivity contribution in [1.29, 1.82) is 0 Å². The lowest BCUT2D eigenvalue weighted by atomic mass is 10.1. The third-order valence-electron chi connectivity index (χ3n) is 2.69. The van der Waals surface area contributed by atoms with Crippen LogP contribution in [0.2, 0.25) is 0 Å². The Morgan fingerprint density at radius 3 is 2.75 bits per heavy atom. The summed E-state index contributed by atoms with van der Waals surface area (Å²) in [7, 11) is 2.01. The molecular formula is C13H21FN2. The first-order chi connectivity index (χ1) is 7.65. The predicted octanol–water partition coefficient (Wildman–Crippen LogP) is 3.03. The van der Waals surface area contributed by atoms with Crippen molar-refractivity contribution in [2.75, 3.05) is 19.3 Å². The number of rotatable bonds is 6. The molecule has 0 bridgehead atoms. The van der Waals surface area contributed by atoms with E-state index < -0.39 is 0 Å². The van der Waals surface area contributed by atoms with Crippen LogP contribution in [0, 0.1) is 5.82 Å². The maximum Gasteiger partial charge on any atom is 0.150 e. The van der Waals surface area contributed by atoms with E-state index in [2.05, 4.69) is 11.8 Å². The Hall–Kier alpha value is -1.09. The molecule has 2 N–H and O–H groups in total. The Bertz CT molecular complexity index is 326. The first kappa shape index (κ1) is 13.0. The van der Waals surface area contributed by atoms with Gasteiger partial charge < -0.3 is 10.6 Å². The summed E-state index contributed by atoms with van der Waals surface area (Å²) in [6, 6.07) is 5.19. The fraction of sp³-hybridized carbons (Fsp3) is 0.538. The number of halogens is 1. The topological polar surface area (TPSA) is 29.3 Å². The Labute approximate surface area is 97.3 Å². The van der Waals surface area contributed by atoms with Gasteiger partial charge in [0.05, 0.1) is 5.69 Å². The quantitative estimate of drug-likeness (QED) is 0.594. The van der Waals surface area contributed by atoms with Crippen LogP contribution in [0.4, 0.5) is 10.1 Å². The van der Waals surface area contributed by atoms with Gasteiger partial charge in [-0.2, -0.15) is 0 Å². The normalized spacial score (nSPS) is 11.0. The van der Waals surface area contributed by atoms with Gasteiger partial charge >= 0.3 is 0 Å². The van der Waals surface area contributed by atoms with Crippen molar-refractivity contribution >= 4 is 5.69 Å². The van der Waals surface area contributed by atoms with Gasteiger partial charge in [-0.1, -0.05) is 31.9 Å². The molecule has 0 heterocycles. The molecule has 0 aliphatic rings. The van der Waals surface area contributed by atoms with Crippen LogP contribution < -0.4 is 5.73 Å².